The summed E-state index contributed by atoms with van der Waals surface area (Å²) in [6.07, 6.45) is 7.39. The summed E-state index contributed by atoms with van der Waals surface area (Å²) in [7, 11) is 0. The van der Waals surface area contributed by atoms with Crippen LogP contribution in [0, 0.1) is 6.92 Å². The number of nitrogens with zero attached hydrogens (tertiary/aromatic N) is 4. The maximum Gasteiger partial charge on any atom is 0.410 e. The number of piperazine rings is 1. The van der Waals surface area contributed by atoms with Crippen molar-refractivity contribution in [2.24, 2.45) is 0 Å². The largest absolute Gasteiger partial charge is 0.446 e. The van der Waals surface area contributed by atoms with E-state index in [1.54, 1.807) is 33.0 Å². The average Bonchev–Trinajstić information content (AvgIpc) is 3.27. The van der Waals surface area contributed by atoms with Gasteiger partial charge >= 0.3 is 12.2 Å². The van der Waals surface area contributed by atoms with Gasteiger partial charge in [0.25, 0.3) is 0 Å². The molecule has 1 aliphatic carbocycles. The predicted octanol–water partition coefficient (Wildman–Crippen LogP) is 4.57. The van der Waals surface area contributed by atoms with Crippen LogP contribution in [0.1, 0.15) is 64.3 Å². The van der Waals surface area contributed by atoms with Crippen molar-refractivity contribution in [3.63, 3.8) is 0 Å². The van der Waals surface area contributed by atoms with E-state index in [0.29, 0.717) is 12.2 Å². The van der Waals surface area contributed by atoms with Gasteiger partial charge in [0.2, 0.25) is 5.91 Å². The number of amides is 3. The minimum atomic E-state index is -0.910. The fourth-order valence-corrected chi connectivity index (χ4v) is 4.85. The Morgan fingerprint density at radius 1 is 1.08 bits per heavy atom. The molecule has 4 rings (SSSR count). The van der Waals surface area contributed by atoms with Crippen LogP contribution in [0.2, 0.25) is 0 Å². The van der Waals surface area contributed by atoms with Crippen LogP contribution in [0.4, 0.5) is 15.3 Å². The minimum Gasteiger partial charge on any atom is -0.446 e. The van der Waals surface area contributed by atoms with E-state index < -0.39 is 23.8 Å². The molecule has 0 spiro atoms. The summed E-state index contributed by atoms with van der Waals surface area (Å²) in [6, 6.07) is 6.65. The Morgan fingerprint density at radius 2 is 1.84 bits per heavy atom. The summed E-state index contributed by atoms with van der Waals surface area (Å²) in [5.41, 5.74) is 0.941. The highest BCUT2D eigenvalue weighted by Crippen LogP contribution is 2.23. The number of carbonyl (C=O) groups excluding carboxylic acids is 3. The van der Waals surface area contributed by atoms with Crippen molar-refractivity contribution >= 4 is 23.8 Å². The molecule has 1 unspecified atom stereocenters. The molecular weight excluding hydrogens is 486 g/mol. The van der Waals surface area contributed by atoms with Crippen LogP contribution in [0.15, 0.2) is 36.7 Å². The second-order valence-electron chi connectivity index (χ2n) is 11.1. The number of hydrogen-bond acceptors (Lipinski definition) is 6. The topological polar surface area (TPSA) is 106 Å². The van der Waals surface area contributed by atoms with Gasteiger partial charge in [-0.1, -0.05) is 18.6 Å². The highest BCUT2D eigenvalue weighted by molar-refractivity contribution is 5.97. The number of aryl methyl sites for hydroxylation is 1. The third-order valence-corrected chi connectivity index (χ3v) is 6.86. The Bertz CT molecular complexity index is 1130. The molecule has 2 aliphatic rings. The SMILES string of the molecule is Cc1nccn1Cc1cccc(NC(=O)C2CN(C(=O)OC(C)(C)C)CCN2C(=O)OC2CCCCC2)c1. The lowest BCUT2D eigenvalue weighted by molar-refractivity contribution is -0.123. The van der Waals surface area contributed by atoms with Gasteiger partial charge in [0.15, 0.2) is 0 Å². The van der Waals surface area contributed by atoms with E-state index in [4.69, 9.17) is 9.47 Å². The van der Waals surface area contributed by atoms with Crippen molar-refractivity contribution in [3.05, 3.63) is 48.0 Å². The zero-order valence-electron chi connectivity index (χ0n) is 22.8. The highest BCUT2D eigenvalue weighted by Gasteiger charge is 2.40. The van der Waals surface area contributed by atoms with Crippen LogP contribution in [0.3, 0.4) is 0 Å². The van der Waals surface area contributed by atoms with Crippen molar-refractivity contribution < 1.29 is 23.9 Å². The maximum absolute atomic E-state index is 13.6. The number of benzene rings is 1. The molecule has 2 aromatic rings. The van der Waals surface area contributed by atoms with Gasteiger partial charge in [-0.15, -0.1) is 0 Å². The summed E-state index contributed by atoms with van der Waals surface area (Å²) in [6.45, 7) is 8.41. The van der Waals surface area contributed by atoms with E-state index in [1.165, 1.54) is 9.80 Å². The monoisotopic (exact) mass is 525 g/mol. The molecule has 1 N–H and O–H groups in total. The number of nitrogens with one attached hydrogen (secondary N) is 1. The van der Waals surface area contributed by atoms with Gasteiger partial charge in [0.1, 0.15) is 23.6 Å². The fourth-order valence-electron chi connectivity index (χ4n) is 4.85. The van der Waals surface area contributed by atoms with Crippen molar-refractivity contribution in [3.8, 4) is 0 Å². The summed E-state index contributed by atoms with van der Waals surface area (Å²) < 4.78 is 13.3. The highest BCUT2D eigenvalue weighted by atomic mass is 16.6. The third kappa shape index (κ3) is 7.26. The van der Waals surface area contributed by atoms with Gasteiger partial charge in [-0.05, 0) is 71.1 Å². The number of imidazole rings is 1. The molecule has 1 atom stereocenters. The van der Waals surface area contributed by atoms with Gasteiger partial charge in [-0.2, -0.15) is 0 Å². The van der Waals surface area contributed by atoms with Crippen LogP contribution in [-0.4, -0.2) is 74.8 Å². The molecule has 3 amide bonds. The zero-order chi connectivity index (χ0) is 27.3. The van der Waals surface area contributed by atoms with Gasteiger partial charge in [-0.25, -0.2) is 14.6 Å². The predicted molar refractivity (Wildman–Crippen MR) is 143 cm³/mol. The van der Waals surface area contributed by atoms with Crippen LogP contribution >= 0.6 is 0 Å². The van der Waals surface area contributed by atoms with Crippen LogP contribution in [-0.2, 0) is 20.8 Å². The Balaban J connectivity index is 1.48. The first-order valence-corrected chi connectivity index (χ1v) is 13.4. The van der Waals surface area contributed by atoms with Gasteiger partial charge < -0.3 is 24.3 Å². The molecule has 1 saturated carbocycles. The second-order valence-corrected chi connectivity index (χ2v) is 11.1. The van der Waals surface area contributed by atoms with Crippen molar-refractivity contribution in [1.82, 2.24) is 19.4 Å². The van der Waals surface area contributed by atoms with E-state index in [9.17, 15) is 14.4 Å². The molecule has 1 aliphatic heterocycles. The first-order chi connectivity index (χ1) is 18.1. The molecule has 1 aromatic carbocycles. The Kier molecular flexibility index (Phi) is 8.58. The molecule has 10 nitrogen and oxygen atoms in total. The number of rotatable bonds is 5. The van der Waals surface area contributed by atoms with Crippen LogP contribution in [0.25, 0.3) is 0 Å². The van der Waals surface area contributed by atoms with Gasteiger partial charge in [-0.3, -0.25) is 9.69 Å². The van der Waals surface area contributed by atoms with Crippen molar-refractivity contribution in [1.29, 1.82) is 0 Å². The molecule has 0 radical (unpaired) electrons. The first kappa shape index (κ1) is 27.5. The number of hydrogen-bond donors (Lipinski definition) is 1. The molecule has 10 heteroatoms. The Labute approximate surface area is 224 Å². The third-order valence-electron chi connectivity index (χ3n) is 6.86. The van der Waals surface area contributed by atoms with Crippen molar-refractivity contribution in [2.75, 3.05) is 25.0 Å². The van der Waals surface area contributed by atoms with E-state index in [0.717, 1.165) is 43.5 Å². The van der Waals surface area contributed by atoms with E-state index in [2.05, 4.69) is 10.3 Å². The summed E-state index contributed by atoms with van der Waals surface area (Å²) >= 11 is 0. The Morgan fingerprint density at radius 3 is 2.53 bits per heavy atom. The molecule has 2 fully saturated rings. The average molecular weight is 526 g/mol. The molecule has 1 saturated heterocycles. The number of aromatic nitrogens is 2. The minimum absolute atomic E-state index is 0.0223. The number of anilines is 1. The molecule has 0 bridgehead atoms. The zero-order valence-corrected chi connectivity index (χ0v) is 22.8. The number of carbonyl (C=O) groups is 3. The van der Waals surface area contributed by atoms with Crippen LogP contribution < -0.4 is 5.32 Å². The van der Waals surface area contributed by atoms with E-state index in [1.807, 2.05) is 35.9 Å². The van der Waals surface area contributed by atoms with Crippen molar-refractivity contribution in [2.45, 2.75) is 84.1 Å². The molecule has 1 aromatic heterocycles. The summed E-state index contributed by atoms with van der Waals surface area (Å²) in [5.74, 6) is 0.519. The molecular formula is C28H39N5O5. The number of ether oxygens (including phenoxy) is 2. The molecule has 38 heavy (non-hydrogen) atoms. The lowest BCUT2D eigenvalue weighted by Gasteiger charge is -2.40. The smallest absolute Gasteiger partial charge is 0.410 e. The Hall–Kier alpha value is -3.56. The second kappa shape index (κ2) is 11.9. The normalized spacial score (nSPS) is 18.7. The van der Waals surface area contributed by atoms with Gasteiger partial charge in [0.05, 0.1) is 6.54 Å². The summed E-state index contributed by atoms with van der Waals surface area (Å²) in [4.78, 5) is 46.7. The summed E-state index contributed by atoms with van der Waals surface area (Å²) in [5, 5.41) is 2.95. The lowest BCUT2D eigenvalue weighted by atomic mass is 9.98. The van der Waals surface area contributed by atoms with E-state index >= 15 is 0 Å². The fraction of sp³-hybridized carbons (Fsp3) is 0.571. The standard InChI is InChI=1S/C28H39N5O5/c1-20-29-13-14-31(20)18-21-9-8-10-22(17-21)30-25(34)24-19-32(26(35)38-28(2,3)4)15-16-33(24)27(36)37-23-11-6-5-7-12-23/h8-10,13-14,17,23-24H,5-7,11-12,15-16,18-19H2,1-4H3,(H,30,34). The van der Waals surface area contributed by atoms with Crippen LogP contribution in [0.5, 0.6) is 0 Å². The molecule has 2 heterocycles. The molecule has 206 valence electrons. The quantitative estimate of drug-likeness (QED) is 0.613. The van der Waals surface area contributed by atoms with Gasteiger partial charge in [0, 0.05) is 37.7 Å². The first-order valence-electron chi connectivity index (χ1n) is 13.4. The lowest BCUT2D eigenvalue weighted by Crippen LogP contribution is -2.61. The maximum atomic E-state index is 13.6. The van der Waals surface area contributed by atoms with E-state index in [-0.39, 0.29) is 31.6 Å².